The second-order valence-electron chi connectivity index (χ2n) is 5.94. The van der Waals surface area contributed by atoms with Gasteiger partial charge in [0.05, 0.1) is 29.3 Å². The fourth-order valence-corrected chi connectivity index (χ4v) is 4.10. The first-order valence-electron chi connectivity index (χ1n) is 8.85. The van der Waals surface area contributed by atoms with Crippen molar-refractivity contribution < 1.29 is 13.9 Å². The van der Waals surface area contributed by atoms with E-state index in [1.165, 1.54) is 22.6 Å². The summed E-state index contributed by atoms with van der Waals surface area (Å²) in [6, 6.07) is 16.3. The summed E-state index contributed by atoms with van der Waals surface area (Å²) in [7, 11) is 0. The molecule has 2 aromatic carbocycles. The zero-order valence-corrected chi connectivity index (χ0v) is 17.8. The van der Waals surface area contributed by atoms with Gasteiger partial charge in [-0.05, 0) is 61.5 Å². The van der Waals surface area contributed by atoms with Crippen molar-refractivity contribution >= 4 is 54.7 Å². The molecule has 146 valence electrons. The van der Waals surface area contributed by atoms with E-state index < -0.39 is 0 Å². The Balaban J connectivity index is 1.71. The molecule has 0 bridgehead atoms. The highest BCUT2D eigenvalue weighted by molar-refractivity contribution is 9.10. The summed E-state index contributed by atoms with van der Waals surface area (Å²) in [6.07, 6.45) is 3.05. The number of amides is 1. The predicted octanol–water partition coefficient (Wildman–Crippen LogP) is 5.73. The number of furan rings is 1. The Morgan fingerprint density at radius 3 is 2.83 bits per heavy atom. The van der Waals surface area contributed by atoms with Crippen LogP contribution in [-0.2, 0) is 0 Å². The van der Waals surface area contributed by atoms with E-state index in [0.717, 1.165) is 14.7 Å². The van der Waals surface area contributed by atoms with Crippen LogP contribution in [0.4, 0.5) is 5.13 Å². The molecule has 1 amide bonds. The molecule has 0 atom stereocenters. The number of rotatable bonds is 6. The maximum absolute atomic E-state index is 13.2. The summed E-state index contributed by atoms with van der Waals surface area (Å²) in [5, 5.41) is 6.12. The molecule has 0 N–H and O–H groups in total. The molecular formula is C21H16BrN3O3S. The number of anilines is 1. The van der Waals surface area contributed by atoms with Gasteiger partial charge in [0.15, 0.2) is 0 Å². The van der Waals surface area contributed by atoms with Gasteiger partial charge in [-0.25, -0.2) is 4.98 Å². The number of carbonyl (C=O) groups excluding carboxylic acids is 1. The number of aromatic nitrogens is 1. The van der Waals surface area contributed by atoms with E-state index in [1.807, 2.05) is 25.1 Å². The topological polar surface area (TPSA) is 67.9 Å². The molecular weight excluding hydrogens is 454 g/mol. The van der Waals surface area contributed by atoms with Gasteiger partial charge in [0.25, 0.3) is 5.91 Å². The molecule has 2 heterocycles. The number of carbonyl (C=O) groups is 1. The van der Waals surface area contributed by atoms with E-state index in [9.17, 15) is 4.79 Å². The molecule has 0 saturated heterocycles. The first-order valence-corrected chi connectivity index (χ1v) is 10.5. The van der Waals surface area contributed by atoms with Crippen LogP contribution < -0.4 is 9.75 Å². The molecule has 0 aliphatic carbocycles. The third kappa shape index (κ3) is 4.38. The van der Waals surface area contributed by atoms with Crippen molar-refractivity contribution in [3.05, 3.63) is 76.7 Å². The van der Waals surface area contributed by atoms with Crippen molar-refractivity contribution in [2.45, 2.75) is 6.92 Å². The minimum absolute atomic E-state index is 0.297. The molecule has 0 fully saturated rings. The number of fused-ring (bicyclic) bond motifs is 1. The van der Waals surface area contributed by atoms with Crippen molar-refractivity contribution in [1.29, 1.82) is 0 Å². The molecule has 6 nitrogen and oxygen atoms in total. The summed E-state index contributed by atoms with van der Waals surface area (Å²) in [6.45, 7) is 2.48. The lowest BCUT2D eigenvalue weighted by molar-refractivity contribution is 0.0988. The highest BCUT2D eigenvalue weighted by atomic mass is 79.9. The van der Waals surface area contributed by atoms with Crippen molar-refractivity contribution in [1.82, 2.24) is 4.98 Å². The molecule has 8 heteroatoms. The van der Waals surface area contributed by atoms with Crippen molar-refractivity contribution in [3.63, 3.8) is 0 Å². The molecule has 0 saturated carbocycles. The van der Waals surface area contributed by atoms with Crippen LogP contribution in [0.3, 0.4) is 0 Å². The molecule has 0 radical (unpaired) electrons. The highest BCUT2D eigenvalue weighted by Gasteiger charge is 2.21. The summed E-state index contributed by atoms with van der Waals surface area (Å²) in [5.41, 5.74) is 1.27. The Labute approximate surface area is 179 Å². The molecule has 0 aliphatic heterocycles. The largest absolute Gasteiger partial charge is 0.494 e. The fraction of sp³-hybridized carbons (Fsp3) is 0.0952. The smallest absolute Gasteiger partial charge is 0.280 e. The molecule has 2 aromatic heterocycles. The van der Waals surface area contributed by atoms with Gasteiger partial charge in [-0.1, -0.05) is 27.3 Å². The number of hydrogen-bond acceptors (Lipinski definition) is 6. The van der Waals surface area contributed by atoms with Crippen molar-refractivity contribution in [2.75, 3.05) is 11.6 Å². The van der Waals surface area contributed by atoms with Crippen LogP contribution in [0.1, 0.15) is 23.0 Å². The predicted molar refractivity (Wildman–Crippen MR) is 118 cm³/mol. The van der Waals surface area contributed by atoms with Gasteiger partial charge < -0.3 is 9.15 Å². The quantitative estimate of drug-likeness (QED) is 0.267. The number of nitrogens with zero attached hydrogens (tertiary/aromatic N) is 3. The number of hydrogen-bond donors (Lipinski definition) is 0. The number of thiazole rings is 1. The minimum atomic E-state index is -0.297. The van der Waals surface area contributed by atoms with Crippen LogP contribution in [-0.4, -0.2) is 23.7 Å². The van der Waals surface area contributed by atoms with Gasteiger partial charge in [-0.15, -0.1) is 0 Å². The lowest BCUT2D eigenvalue weighted by Gasteiger charge is -2.14. The number of benzene rings is 2. The van der Waals surface area contributed by atoms with Crippen molar-refractivity contribution in [3.8, 4) is 5.75 Å². The summed E-state index contributed by atoms with van der Waals surface area (Å²) in [4.78, 5) is 17.8. The normalized spacial score (nSPS) is 11.2. The first-order chi connectivity index (χ1) is 14.1. The van der Waals surface area contributed by atoms with Crippen LogP contribution in [0.2, 0.25) is 0 Å². The second-order valence-corrected chi connectivity index (χ2v) is 7.87. The average Bonchev–Trinajstić information content (AvgIpc) is 3.38. The maximum Gasteiger partial charge on any atom is 0.280 e. The van der Waals surface area contributed by atoms with E-state index in [1.54, 1.807) is 42.7 Å². The van der Waals surface area contributed by atoms with Gasteiger partial charge in [-0.3, -0.25) is 4.79 Å². The molecule has 0 aliphatic rings. The zero-order valence-electron chi connectivity index (χ0n) is 15.4. The second kappa shape index (κ2) is 8.59. The van der Waals surface area contributed by atoms with Crippen LogP contribution in [0, 0.1) is 0 Å². The molecule has 0 unspecified atom stereocenters. The number of ether oxygens (including phenoxy) is 1. The van der Waals surface area contributed by atoms with Crippen LogP contribution in [0.25, 0.3) is 10.2 Å². The lowest BCUT2D eigenvalue weighted by atomic mass is 10.2. The third-order valence-electron chi connectivity index (χ3n) is 3.97. The maximum atomic E-state index is 13.2. The van der Waals surface area contributed by atoms with E-state index in [4.69, 9.17) is 9.15 Å². The minimum Gasteiger partial charge on any atom is -0.494 e. The summed E-state index contributed by atoms with van der Waals surface area (Å²) < 4.78 is 12.6. The zero-order chi connectivity index (χ0) is 20.2. The fourth-order valence-electron chi connectivity index (χ4n) is 2.63. The van der Waals surface area contributed by atoms with Crippen molar-refractivity contribution in [2.24, 2.45) is 5.10 Å². The summed E-state index contributed by atoms with van der Waals surface area (Å²) in [5.74, 6) is 0.951. The lowest BCUT2D eigenvalue weighted by Crippen LogP contribution is -2.25. The van der Waals surface area contributed by atoms with E-state index in [-0.39, 0.29) is 5.91 Å². The third-order valence-corrected chi connectivity index (χ3v) is 5.46. The average molecular weight is 470 g/mol. The van der Waals surface area contributed by atoms with Crippen LogP contribution in [0.15, 0.2) is 74.9 Å². The molecule has 29 heavy (non-hydrogen) atoms. The monoisotopic (exact) mass is 469 g/mol. The molecule has 4 aromatic rings. The Bertz CT molecular complexity index is 1150. The van der Waals surface area contributed by atoms with Gasteiger partial charge in [0, 0.05) is 10.0 Å². The number of halogens is 1. The standard InChI is InChI=1S/C21H16BrN3O3S/c1-2-27-16-8-5-14(6-9-16)20(26)25(23-13-17-4-3-11-28-17)21-24-18-10-7-15(22)12-19(18)29-21/h3-13H,2H2,1H3/b23-13+. The Hall–Kier alpha value is -2.97. The van der Waals surface area contributed by atoms with Gasteiger partial charge in [-0.2, -0.15) is 10.1 Å². The van der Waals surface area contributed by atoms with Gasteiger partial charge in [0.2, 0.25) is 5.13 Å². The van der Waals surface area contributed by atoms with E-state index in [0.29, 0.717) is 28.8 Å². The number of hydrazone groups is 1. The molecule has 0 spiro atoms. The summed E-state index contributed by atoms with van der Waals surface area (Å²) >= 11 is 4.85. The van der Waals surface area contributed by atoms with E-state index >= 15 is 0 Å². The van der Waals surface area contributed by atoms with Crippen LogP contribution >= 0.6 is 27.3 Å². The Kier molecular flexibility index (Phi) is 5.73. The SMILES string of the molecule is CCOc1ccc(C(=O)N(/N=C/c2ccco2)c2nc3ccc(Br)cc3s2)cc1. The van der Waals surface area contributed by atoms with Gasteiger partial charge >= 0.3 is 0 Å². The van der Waals surface area contributed by atoms with E-state index in [2.05, 4.69) is 26.0 Å². The first kappa shape index (κ1) is 19.4. The highest BCUT2D eigenvalue weighted by Crippen LogP contribution is 2.32. The molecule has 4 rings (SSSR count). The Morgan fingerprint density at radius 1 is 1.28 bits per heavy atom. The van der Waals surface area contributed by atoms with Crippen LogP contribution in [0.5, 0.6) is 5.75 Å². The van der Waals surface area contributed by atoms with Gasteiger partial charge in [0.1, 0.15) is 11.5 Å². The Morgan fingerprint density at radius 2 is 2.10 bits per heavy atom.